The summed E-state index contributed by atoms with van der Waals surface area (Å²) in [6.45, 7) is 1.41. The molecule has 0 aliphatic rings. The summed E-state index contributed by atoms with van der Waals surface area (Å²) >= 11 is 0. The van der Waals surface area contributed by atoms with Crippen LogP contribution in [0.3, 0.4) is 0 Å². The van der Waals surface area contributed by atoms with E-state index in [9.17, 15) is 4.79 Å². The highest BCUT2D eigenvalue weighted by Crippen LogP contribution is 2.00. The van der Waals surface area contributed by atoms with Crippen molar-refractivity contribution in [2.45, 2.75) is 13.0 Å². The van der Waals surface area contributed by atoms with E-state index < -0.39 is 5.97 Å². The second kappa shape index (κ2) is 6.10. The number of imidazole rings is 1. The van der Waals surface area contributed by atoms with Crippen LogP contribution >= 0.6 is 0 Å². The lowest BCUT2D eigenvalue weighted by atomic mass is 10.2. The number of nitrogens with one attached hydrogen (secondary N) is 1. The van der Waals surface area contributed by atoms with Gasteiger partial charge >= 0.3 is 5.97 Å². The van der Waals surface area contributed by atoms with E-state index in [4.69, 9.17) is 5.11 Å². The molecule has 0 aliphatic heterocycles. The summed E-state index contributed by atoms with van der Waals surface area (Å²) in [4.78, 5) is 19.0. The van der Waals surface area contributed by atoms with Crippen molar-refractivity contribution in [3.8, 4) is 0 Å². The largest absolute Gasteiger partial charge is 0.478 e. The molecule has 0 atom stereocenters. The second-order valence-corrected chi connectivity index (χ2v) is 4.22. The Morgan fingerprint density at radius 1 is 1.42 bits per heavy atom. The molecule has 100 valence electrons. The lowest BCUT2D eigenvalue weighted by molar-refractivity contribution is 0.0696. The molecule has 6 nitrogen and oxygen atoms in total. The van der Waals surface area contributed by atoms with Crippen molar-refractivity contribution in [3.63, 3.8) is 0 Å². The van der Waals surface area contributed by atoms with Gasteiger partial charge < -0.3 is 15.0 Å². The first-order valence-corrected chi connectivity index (χ1v) is 6.02. The van der Waals surface area contributed by atoms with Gasteiger partial charge in [-0.25, -0.2) is 9.78 Å². The Hall–Kier alpha value is -2.21. The molecule has 2 N–H and O–H groups in total. The SMILES string of the molecule is Cn1ccnc1CCNCc1ccc(C(=O)O)cn1. The summed E-state index contributed by atoms with van der Waals surface area (Å²) < 4.78 is 1.99. The highest BCUT2D eigenvalue weighted by molar-refractivity contribution is 5.87. The first-order chi connectivity index (χ1) is 9.16. The number of nitrogens with zero attached hydrogens (tertiary/aromatic N) is 3. The Balaban J connectivity index is 1.76. The van der Waals surface area contributed by atoms with Crippen molar-refractivity contribution < 1.29 is 9.90 Å². The third-order valence-corrected chi connectivity index (χ3v) is 2.82. The lowest BCUT2D eigenvalue weighted by Gasteiger charge is -2.05. The Morgan fingerprint density at radius 2 is 2.26 bits per heavy atom. The van der Waals surface area contributed by atoms with Gasteiger partial charge in [-0.15, -0.1) is 0 Å². The van der Waals surface area contributed by atoms with Crippen LogP contribution in [0.5, 0.6) is 0 Å². The molecule has 2 aromatic rings. The van der Waals surface area contributed by atoms with Crippen LogP contribution in [0.2, 0.25) is 0 Å². The van der Waals surface area contributed by atoms with E-state index in [-0.39, 0.29) is 5.56 Å². The van der Waals surface area contributed by atoms with Crippen molar-refractivity contribution in [2.24, 2.45) is 7.05 Å². The van der Waals surface area contributed by atoms with Crippen LogP contribution in [0, 0.1) is 0 Å². The van der Waals surface area contributed by atoms with Crippen molar-refractivity contribution in [3.05, 3.63) is 47.8 Å². The second-order valence-electron chi connectivity index (χ2n) is 4.22. The molecule has 0 unspecified atom stereocenters. The minimum Gasteiger partial charge on any atom is -0.478 e. The normalized spacial score (nSPS) is 10.6. The topological polar surface area (TPSA) is 80.0 Å². The average Bonchev–Trinajstić information content (AvgIpc) is 2.81. The number of hydrogen-bond donors (Lipinski definition) is 2. The number of aromatic nitrogens is 3. The summed E-state index contributed by atoms with van der Waals surface area (Å²) in [6, 6.07) is 3.28. The molecule has 19 heavy (non-hydrogen) atoms. The minimum atomic E-state index is -0.957. The smallest absolute Gasteiger partial charge is 0.337 e. The van der Waals surface area contributed by atoms with Gasteiger partial charge in [-0.2, -0.15) is 0 Å². The summed E-state index contributed by atoms with van der Waals surface area (Å²) in [5, 5.41) is 12.0. The molecule has 0 saturated carbocycles. The van der Waals surface area contributed by atoms with Gasteiger partial charge in [-0.3, -0.25) is 4.98 Å². The fourth-order valence-corrected chi connectivity index (χ4v) is 1.71. The van der Waals surface area contributed by atoms with Crippen molar-refractivity contribution in [2.75, 3.05) is 6.54 Å². The zero-order valence-corrected chi connectivity index (χ0v) is 10.7. The van der Waals surface area contributed by atoms with Gasteiger partial charge in [-0.1, -0.05) is 0 Å². The number of rotatable bonds is 6. The number of aryl methyl sites for hydroxylation is 1. The van der Waals surface area contributed by atoms with Crippen LogP contribution in [-0.2, 0) is 20.0 Å². The Labute approximate surface area is 111 Å². The van der Waals surface area contributed by atoms with Gasteiger partial charge in [-0.05, 0) is 12.1 Å². The van der Waals surface area contributed by atoms with Crippen LogP contribution in [0.1, 0.15) is 21.9 Å². The van der Waals surface area contributed by atoms with Crippen LogP contribution in [0.25, 0.3) is 0 Å². The zero-order chi connectivity index (χ0) is 13.7. The molecule has 0 radical (unpaired) electrons. The zero-order valence-electron chi connectivity index (χ0n) is 10.7. The Bertz CT molecular complexity index is 548. The predicted molar refractivity (Wildman–Crippen MR) is 69.8 cm³/mol. The van der Waals surface area contributed by atoms with E-state index >= 15 is 0 Å². The van der Waals surface area contributed by atoms with E-state index in [1.165, 1.54) is 6.20 Å². The lowest BCUT2D eigenvalue weighted by Crippen LogP contribution is -2.18. The molecule has 0 aromatic carbocycles. The molecule has 6 heteroatoms. The first-order valence-electron chi connectivity index (χ1n) is 6.02. The maximum Gasteiger partial charge on any atom is 0.337 e. The summed E-state index contributed by atoms with van der Waals surface area (Å²) in [6.07, 6.45) is 5.91. The molecular weight excluding hydrogens is 244 g/mol. The third kappa shape index (κ3) is 3.62. The van der Waals surface area contributed by atoms with E-state index in [2.05, 4.69) is 15.3 Å². The van der Waals surface area contributed by atoms with Crippen molar-refractivity contribution >= 4 is 5.97 Å². The third-order valence-electron chi connectivity index (χ3n) is 2.82. The van der Waals surface area contributed by atoms with E-state index in [1.54, 1.807) is 18.3 Å². The Kier molecular flexibility index (Phi) is 4.25. The molecule has 0 spiro atoms. The number of carboxylic acids is 1. The molecular formula is C13H16N4O2. The monoisotopic (exact) mass is 260 g/mol. The quantitative estimate of drug-likeness (QED) is 0.752. The number of hydrogen-bond acceptors (Lipinski definition) is 4. The predicted octanol–water partition coefficient (Wildman–Crippen LogP) is 0.846. The van der Waals surface area contributed by atoms with Crippen LogP contribution in [0.15, 0.2) is 30.7 Å². The van der Waals surface area contributed by atoms with E-state index in [1.807, 2.05) is 17.8 Å². The molecule has 0 fully saturated rings. The first kappa shape index (κ1) is 13.2. The standard InChI is InChI=1S/C13H16N4O2/c1-17-7-6-15-12(17)4-5-14-9-11-3-2-10(8-16-11)13(18)19/h2-3,6-8,14H,4-5,9H2,1H3,(H,18,19). The molecule has 0 aliphatic carbocycles. The molecule has 0 bridgehead atoms. The number of aromatic carboxylic acids is 1. The molecule has 2 heterocycles. The summed E-state index contributed by atoms with van der Waals surface area (Å²) in [7, 11) is 1.97. The van der Waals surface area contributed by atoms with Gasteiger partial charge in [0.25, 0.3) is 0 Å². The van der Waals surface area contributed by atoms with Crippen molar-refractivity contribution in [1.82, 2.24) is 19.9 Å². The van der Waals surface area contributed by atoms with E-state index in [0.717, 1.165) is 24.5 Å². The Morgan fingerprint density at radius 3 is 2.84 bits per heavy atom. The number of carboxylic acid groups (broad SMARTS) is 1. The van der Waals surface area contributed by atoms with Gasteiger partial charge in [0, 0.05) is 45.1 Å². The number of carbonyl (C=O) groups is 1. The fourth-order valence-electron chi connectivity index (χ4n) is 1.71. The maximum absolute atomic E-state index is 10.7. The molecule has 2 aromatic heterocycles. The van der Waals surface area contributed by atoms with Gasteiger partial charge in [0.1, 0.15) is 5.82 Å². The maximum atomic E-state index is 10.7. The summed E-state index contributed by atoms with van der Waals surface area (Å²) in [5.41, 5.74) is 1.03. The van der Waals surface area contributed by atoms with Crippen molar-refractivity contribution in [1.29, 1.82) is 0 Å². The average molecular weight is 260 g/mol. The molecule has 0 saturated heterocycles. The van der Waals surface area contributed by atoms with E-state index in [0.29, 0.717) is 6.54 Å². The van der Waals surface area contributed by atoms with Crippen LogP contribution in [-0.4, -0.2) is 32.2 Å². The highest BCUT2D eigenvalue weighted by atomic mass is 16.4. The van der Waals surface area contributed by atoms with Gasteiger partial charge in [0.05, 0.1) is 11.3 Å². The molecule has 0 amide bonds. The molecule has 2 rings (SSSR count). The highest BCUT2D eigenvalue weighted by Gasteiger charge is 2.03. The number of pyridine rings is 1. The van der Waals surface area contributed by atoms with Gasteiger partial charge in [0.2, 0.25) is 0 Å². The van der Waals surface area contributed by atoms with Crippen LogP contribution in [0.4, 0.5) is 0 Å². The fraction of sp³-hybridized carbons (Fsp3) is 0.308. The van der Waals surface area contributed by atoms with Crippen LogP contribution < -0.4 is 5.32 Å². The minimum absolute atomic E-state index is 0.205. The van der Waals surface area contributed by atoms with Gasteiger partial charge in [0.15, 0.2) is 0 Å². The summed E-state index contributed by atoms with van der Waals surface area (Å²) in [5.74, 6) is 0.0727.